The summed E-state index contributed by atoms with van der Waals surface area (Å²) in [5.41, 5.74) is 3.32. The third kappa shape index (κ3) is 6.76. The highest BCUT2D eigenvalue weighted by Crippen LogP contribution is 2.37. The summed E-state index contributed by atoms with van der Waals surface area (Å²) in [6.45, 7) is 3.05. The molecule has 3 aromatic carbocycles. The Labute approximate surface area is 232 Å². The predicted octanol–water partition coefficient (Wildman–Crippen LogP) is 3.83. The van der Waals surface area contributed by atoms with E-state index < -0.39 is 17.9 Å². The molecule has 1 aromatic heterocycles. The minimum absolute atomic E-state index is 0.0525. The van der Waals surface area contributed by atoms with Crippen molar-refractivity contribution in [3.8, 4) is 23.2 Å². The van der Waals surface area contributed by atoms with E-state index in [4.69, 9.17) is 14.3 Å². The maximum atomic E-state index is 13.2. The average Bonchev–Trinajstić information content (AvgIpc) is 3.35. The first-order valence-electron chi connectivity index (χ1n) is 13.0. The van der Waals surface area contributed by atoms with Gasteiger partial charge in [0.2, 0.25) is 11.8 Å². The van der Waals surface area contributed by atoms with Crippen molar-refractivity contribution in [2.24, 2.45) is 0 Å². The second-order valence-electron chi connectivity index (χ2n) is 9.00. The number of aliphatic hydroxyl groups excluding tert-OH is 1. The standard InChI is InChI=1S/C32H30N2O6/c1-3-39-32(38)28-26-19-23(20-27(34-21(2)36)31(37)33-16-17-35)18-25(15-14-22-10-6-4-7-11-22)29(26)40-30(28)24-12-8-5-9-13-24/h4-13,18-19,27,35H,3,16-17,20H2,1-2H3,(H,33,37)(H,34,36)/t27-/m0/s1. The Morgan fingerprint density at radius 2 is 1.70 bits per heavy atom. The Hall–Kier alpha value is -4.87. The summed E-state index contributed by atoms with van der Waals surface area (Å²) in [5.74, 6) is 5.30. The van der Waals surface area contributed by atoms with E-state index in [-0.39, 0.29) is 37.6 Å². The van der Waals surface area contributed by atoms with Gasteiger partial charge in [-0.05, 0) is 36.8 Å². The number of esters is 1. The molecule has 2 amide bonds. The van der Waals surface area contributed by atoms with E-state index in [1.54, 1.807) is 19.1 Å². The van der Waals surface area contributed by atoms with Crippen molar-refractivity contribution in [1.82, 2.24) is 10.6 Å². The topological polar surface area (TPSA) is 118 Å². The zero-order chi connectivity index (χ0) is 28.5. The van der Waals surface area contributed by atoms with Gasteiger partial charge in [-0.3, -0.25) is 9.59 Å². The highest BCUT2D eigenvalue weighted by molar-refractivity contribution is 6.10. The summed E-state index contributed by atoms with van der Waals surface area (Å²) in [4.78, 5) is 37.9. The quantitative estimate of drug-likeness (QED) is 0.220. The summed E-state index contributed by atoms with van der Waals surface area (Å²) in [6, 6.07) is 21.3. The highest BCUT2D eigenvalue weighted by atomic mass is 16.5. The number of carbonyl (C=O) groups is 3. The molecule has 0 bridgehead atoms. The van der Waals surface area contributed by atoms with Crippen LogP contribution < -0.4 is 10.6 Å². The van der Waals surface area contributed by atoms with Gasteiger partial charge in [0.15, 0.2) is 5.58 Å². The van der Waals surface area contributed by atoms with Crippen molar-refractivity contribution in [2.45, 2.75) is 26.3 Å². The van der Waals surface area contributed by atoms with Crippen molar-refractivity contribution in [1.29, 1.82) is 0 Å². The second-order valence-corrected chi connectivity index (χ2v) is 9.00. The van der Waals surface area contributed by atoms with E-state index in [9.17, 15) is 14.4 Å². The van der Waals surface area contributed by atoms with Gasteiger partial charge in [-0.1, -0.05) is 60.4 Å². The summed E-state index contributed by atoms with van der Waals surface area (Å²) in [7, 11) is 0. The van der Waals surface area contributed by atoms with Gasteiger partial charge in [0.25, 0.3) is 0 Å². The molecule has 0 saturated heterocycles. The number of hydrogen-bond donors (Lipinski definition) is 3. The first-order valence-corrected chi connectivity index (χ1v) is 13.0. The average molecular weight is 539 g/mol. The third-order valence-corrected chi connectivity index (χ3v) is 6.02. The van der Waals surface area contributed by atoms with Crippen LogP contribution in [-0.2, 0) is 20.7 Å². The van der Waals surface area contributed by atoms with E-state index in [1.807, 2.05) is 60.7 Å². The Balaban J connectivity index is 1.92. The van der Waals surface area contributed by atoms with Crippen LogP contribution in [0.4, 0.5) is 0 Å². The van der Waals surface area contributed by atoms with Crippen LogP contribution in [0.1, 0.15) is 40.9 Å². The number of benzene rings is 3. The number of rotatable bonds is 9. The van der Waals surface area contributed by atoms with Gasteiger partial charge >= 0.3 is 5.97 Å². The van der Waals surface area contributed by atoms with E-state index in [0.29, 0.717) is 33.4 Å². The van der Waals surface area contributed by atoms with E-state index in [2.05, 4.69) is 22.5 Å². The first kappa shape index (κ1) is 28.1. The fourth-order valence-corrected chi connectivity index (χ4v) is 4.32. The zero-order valence-electron chi connectivity index (χ0n) is 22.3. The largest absolute Gasteiger partial charge is 0.462 e. The van der Waals surface area contributed by atoms with Crippen molar-refractivity contribution in [3.05, 3.63) is 95.1 Å². The molecule has 4 aromatic rings. The summed E-state index contributed by atoms with van der Waals surface area (Å²) in [6.07, 6.45) is 0.112. The van der Waals surface area contributed by atoms with Gasteiger partial charge in [0.05, 0.1) is 18.8 Å². The Morgan fingerprint density at radius 3 is 2.35 bits per heavy atom. The van der Waals surface area contributed by atoms with Crippen molar-refractivity contribution >= 4 is 28.8 Å². The van der Waals surface area contributed by atoms with Gasteiger partial charge < -0.3 is 24.9 Å². The predicted molar refractivity (Wildman–Crippen MR) is 151 cm³/mol. The number of furan rings is 1. The molecule has 8 nitrogen and oxygen atoms in total. The van der Waals surface area contributed by atoms with E-state index in [0.717, 1.165) is 5.56 Å². The third-order valence-electron chi connectivity index (χ3n) is 6.02. The van der Waals surface area contributed by atoms with Crippen LogP contribution in [0, 0.1) is 11.8 Å². The molecule has 8 heteroatoms. The smallest absolute Gasteiger partial charge is 0.342 e. The number of amides is 2. The van der Waals surface area contributed by atoms with Gasteiger partial charge in [0.1, 0.15) is 17.4 Å². The molecule has 0 spiro atoms. The molecule has 1 atom stereocenters. The molecule has 3 N–H and O–H groups in total. The first-order chi connectivity index (χ1) is 19.4. The molecule has 0 unspecified atom stereocenters. The molecule has 4 rings (SSSR count). The number of aliphatic hydroxyl groups is 1. The molecule has 0 fully saturated rings. The van der Waals surface area contributed by atoms with Crippen LogP contribution >= 0.6 is 0 Å². The molecule has 1 heterocycles. The zero-order valence-corrected chi connectivity index (χ0v) is 22.3. The van der Waals surface area contributed by atoms with Crippen molar-refractivity contribution < 1.29 is 28.6 Å². The molecule has 0 saturated carbocycles. The SMILES string of the molecule is CCOC(=O)c1c(-c2ccccc2)oc2c(C#Cc3ccccc3)cc(C[C@H](NC(C)=O)C(=O)NCCO)cc12. The van der Waals surface area contributed by atoms with Crippen molar-refractivity contribution in [3.63, 3.8) is 0 Å². The summed E-state index contributed by atoms with van der Waals surface area (Å²) in [5, 5.41) is 14.9. The Morgan fingerprint density at radius 1 is 1.00 bits per heavy atom. The molecule has 0 aliphatic rings. The lowest BCUT2D eigenvalue weighted by Crippen LogP contribution is -2.48. The number of hydrogen-bond acceptors (Lipinski definition) is 6. The maximum Gasteiger partial charge on any atom is 0.342 e. The van der Waals surface area contributed by atoms with Crippen LogP contribution in [0.3, 0.4) is 0 Å². The van der Waals surface area contributed by atoms with Crippen LogP contribution in [0.25, 0.3) is 22.3 Å². The fraction of sp³-hybridized carbons (Fsp3) is 0.219. The normalized spacial score (nSPS) is 11.3. The highest BCUT2D eigenvalue weighted by Gasteiger charge is 2.27. The monoisotopic (exact) mass is 538 g/mol. The van der Waals surface area contributed by atoms with Crippen molar-refractivity contribution in [2.75, 3.05) is 19.8 Å². The van der Waals surface area contributed by atoms with E-state index in [1.165, 1.54) is 6.92 Å². The fourth-order valence-electron chi connectivity index (χ4n) is 4.32. The molecule has 0 aliphatic carbocycles. The lowest BCUT2D eigenvalue weighted by Gasteiger charge is -2.18. The summed E-state index contributed by atoms with van der Waals surface area (Å²) < 4.78 is 11.7. The summed E-state index contributed by atoms with van der Waals surface area (Å²) >= 11 is 0. The molecule has 204 valence electrons. The van der Waals surface area contributed by atoms with Crippen LogP contribution in [-0.4, -0.2) is 48.7 Å². The number of nitrogens with one attached hydrogen (secondary N) is 2. The van der Waals surface area contributed by atoms with Gasteiger partial charge in [0, 0.05) is 36.4 Å². The van der Waals surface area contributed by atoms with Gasteiger partial charge in [-0.2, -0.15) is 0 Å². The minimum atomic E-state index is -0.914. The van der Waals surface area contributed by atoms with E-state index >= 15 is 0 Å². The second kappa shape index (κ2) is 13.3. The number of ether oxygens (including phenoxy) is 1. The lowest BCUT2D eigenvalue weighted by molar-refractivity contribution is -0.128. The molecule has 0 aliphatic heterocycles. The Bertz CT molecular complexity index is 1570. The minimum Gasteiger partial charge on any atom is -0.462 e. The number of fused-ring (bicyclic) bond motifs is 1. The lowest BCUT2D eigenvalue weighted by atomic mass is 9.97. The van der Waals surface area contributed by atoms with Crippen LogP contribution in [0.2, 0.25) is 0 Å². The molecule has 0 radical (unpaired) electrons. The van der Waals surface area contributed by atoms with Crippen LogP contribution in [0.15, 0.2) is 77.2 Å². The molecular weight excluding hydrogens is 508 g/mol. The van der Waals surface area contributed by atoms with Gasteiger partial charge in [-0.25, -0.2) is 4.79 Å². The maximum absolute atomic E-state index is 13.2. The Kier molecular flexibility index (Phi) is 9.34. The molecular formula is C32H30N2O6. The van der Waals surface area contributed by atoms with Gasteiger partial charge in [-0.15, -0.1) is 0 Å². The molecule has 40 heavy (non-hydrogen) atoms. The van der Waals surface area contributed by atoms with Crippen LogP contribution in [0.5, 0.6) is 0 Å². The number of carbonyl (C=O) groups excluding carboxylic acids is 3.